The van der Waals surface area contributed by atoms with Gasteiger partial charge >= 0.3 is 0 Å². The van der Waals surface area contributed by atoms with Gasteiger partial charge in [-0.15, -0.1) is 0 Å². The van der Waals surface area contributed by atoms with Crippen LogP contribution in [0.2, 0.25) is 0 Å². The number of piperidine rings is 1. The fraction of sp³-hybridized carbons (Fsp3) is 0.381. The van der Waals surface area contributed by atoms with Crippen LogP contribution in [-0.2, 0) is 11.3 Å². The van der Waals surface area contributed by atoms with Gasteiger partial charge in [-0.1, -0.05) is 42.2 Å². The molecular weight excluding hydrogens is 409 g/mol. The summed E-state index contributed by atoms with van der Waals surface area (Å²) in [6.45, 7) is 4.00. The maximum atomic E-state index is 13.8. The standard InChI is InChI=1S/C21H22FN3O2S2/c1-13(20(27)23-17-6-3-2-5-16(17)22)29-21(28)24-10-14-9-15(12-24)18-7-4-8-19(26)25(18)11-14/h2-8,13-15H,9-12H2,1H3,(H,23,27)/t13-,14-,15-/m0/s1. The SMILES string of the molecule is C[C@H](SC(=S)N1C[C@@H]2C[C@@H](C1)c1cccc(=O)n1C2)C(=O)Nc1ccccc1F. The van der Waals surface area contributed by atoms with Crippen LogP contribution < -0.4 is 10.9 Å². The zero-order valence-electron chi connectivity index (χ0n) is 16.0. The molecule has 2 aromatic rings. The van der Waals surface area contributed by atoms with Crippen molar-refractivity contribution >= 4 is 39.9 Å². The highest BCUT2D eigenvalue weighted by Gasteiger charge is 2.35. The van der Waals surface area contributed by atoms with Crippen LogP contribution in [0.25, 0.3) is 0 Å². The lowest BCUT2D eigenvalue weighted by atomic mass is 9.83. The van der Waals surface area contributed by atoms with E-state index in [1.54, 1.807) is 25.1 Å². The number of carbonyl (C=O) groups excluding carboxylic acids is 1. The number of aromatic nitrogens is 1. The fourth-order valence-corrected chi connectivity index (χ4v) is 5.47. The van der Waals surface area contributed by atoms with Gasteiger partial charge in [0, 0.05) is 37.3 Å². The monoisotopic (exact) mass is 431 g/mol. The van der Waals surface area contributed by atoms with Crippen LogP contribution in [0.15, 0.2) is 47.3 Å². The molecule has 29 heavy (non-hydrogen) atoms. The molecule has 5 nitrogen and oxygen atoms in total. The molecule has 3 heterocycles. The number of amides is 1. The van der Waals surface area contributed by atoms with Crippen LogP contribution in [0.1, 0.15) is 25.0 Å². The molecule has 1 fully saturated rings. The number of hydrogen-bond acceptors (Lipinski definition) is 4. The van der Waals surface area contributed by atoms with Crippen molar-refractivity contribution in [2.75, 3.05) is 18.4 Å². The Morgan fingerprint density at radius 1 is 1.21 bits per heavy atom. The topological polar surface area (TPSA) is 54.3 Å². The molecule has 1 aromatic carbocycles. The number of rotatable bonds is 3. The number of carbonyl (C=O) groups is 1. The number of thioether (sulfide) groups is 1. The summed E-state index contributed by atoms with van der Waals surface area (Å²) in [4.78, 5) is 26.8. The molecule has 0 aliphatic carbocycles. The predicted octanol–water partition coefficient (Wildman–Crippen LogP) is 3.45. The van der Waals surface area contributed by atoms with Gasteiger partial charge < -0.3 is 14.8 Å². The quantitative estimate of drug-likeness (QED) is 0.755. The number of thiocarbonyl (C=S) groups is 1. The molecule has 3 atom stereocenters. The second kappa shape index (κ2) is 8.28. The van der Waals surface area contributed by atoms with E-state index < -0.39 is 11.1 Å². The first-order chi connectivity index (χ1) is 13.9. The molecule has 2 aliphatic rings. The number of hydrogen-bond donors (Lipinski definition) is 1. The summed E-state index contributed by atoms with van der Waals surface area (Å²) in [6.07, 6.45) is 1.05. The Morgan fingerprint density at radius 3 is 2.79 bits per heavy atom. The largest absolute Gasteiger partial charge is 0.356 e. The maximum absolute atomic E-state index is 13.8. The minimum atomic E-state index is -0.460. The van der Waals surface area contributed by atoms with Gasteiger partial charge in [-0.3, -0.25) is 9.59 Å². The van der Waals surface area contributed by atoms with Crippen molar-refractivity contribution in [1.82, 2.24) is 9.47 Å². The van der Waals surface area contributed by atoms with Gasteiger partial charge in [0.25, 0.3) is 5.56 Å². The first kappa shape index (κ1) is 20.1. The highest BCUT2D eigenvalue weighted by Crippen LogP contribution is 2.36. The van der Waals surface area contributed by atoms with Crippen molar-refractivity contribution < 1.29 is 9.18 Å². The number of halogens is 1. The van der Waals surface area contributed by atoms with Crippen molar-refractivity contribution in [2.24, 2.45) is 5.92 Å². The van der Waals surface area contributed by atoms with Gasteiger partial charge in [-0.05, 0) is 37.5 Å². The molecule has 4 rings (SSSR count). The summed E-state index contributed by atoms with van der Waals surface area (Å²) < 4.78 is 16.3. The molecule has 0 spiro atoms. The Kier molecular flexibility index (Phi) is 5.74. The van der Waals surface area contributed by atoms with Crippen LogP contribution in [-0.4, -0.2) is 38.0 Å². The third kappa shape index (κ3) is 4.23. The minimum Gasteiger partial charge on any atom is -0.356 e. The summed E-state index contributed by atoms with van der Waals surface area (Å²) in [6, 6.07) is 11.6. The van der Waals surface area contributed by atoms with Gasteiger partial charge in [0.15, 0.2) is 0 Å². The number of anilines is 1. The Morgan fingerprint density at radius 2 is 2.00 bits per heavy atom. The zero-order chi connectivity index (χ0) is 20.5. The average molecular weight is 432 g/mol. The third-order valence-corrected chi connectivity index (χ3v) is 7.09. The lowest BCUT2D eigenvalue weighted by Gasteiger charge is -2.43. The van der Waals surface area contributed by atoms with Crippen molar-refractivity contribution in [3.63, 3.8) is 0 Å². The molecule has 1 N–H and O–H groups in total. The van der Waals surface area contributed by atoms with Crippen molar-refractivity contribution in [3.8, 4) is 0 Å². The van der Waals surface area contributed by atoms with Gasteiger partial charge in [0.05, 0.1) is 10.9 Å². The lowest BCUT2D eigenvalue weighted by Crippen LogP contribution is -2.48. The van der Waals surface area contributed by atoms with Gasteiger partial charge in [0.1, 0.15) is 10.1 Å². The number of likely N-dealkylation sites (tertiary alicyclic amines) is 1. The first-order valence-corrected chi connectivity index (χ1v) is 10.9. The number of nitrogens with zero attached hydrogens (tertiary/aromatic N) is 2. The summed E-state index contributed by atoms with van der Waals surface area (Å²) >= 11 is 6.95. The molecule has 0 unspecified atom stereocenters. The molecule has 2 aliphatic heterocycles. The van der Waals surface area contributed by atoms with Crippen LogP contribution in [0, 0.1) is 11.7 Å². The van der Waals surface area contributed by atoms with Crippen LogP contribution in [0.3, 0.4) is 0 Å². The normalized spacial score (nSPS) is 21.2. The Hall–Kier alpha value is -2.19. The fourth-order valence-electron chi connectivity index (χ4n) is 4.12. The van der Waals surface area contributed by atoms with E-state index in [1.165, 1.54) is 23.9 Å². The number of para-hydroxylation sites is 1. The van der Waals surface area contributed by atoms with Gasteiger partial charge in [-0.2, -0.15) is 0 Å². The van der Waals surface area contributed by atoms with E-state index in [1.807, 2.05) is 16.7 Å². The van der Waals surface area contributed by atoms with Gasteiger partial charge in [0.2, 0.25) is 5.91 Å². The molecule has 2 bridgehead atoms. The average Bonchev–Trinajstić information content (AvgIpc) is 2.70. The molecule has 0 saturated carbocycles. The van der Waals surface area contributed by atoms with E-state index in [9.17, 15) is 14.0 Å². The second-order valence-corrected chi connectivity index (χ2v) is 9.57. The van der Waals surface area contributed by atoms with Gasteiger partial charge in [-0.25, -0.2) is 4.39 Å². The Balaban J connectivity index is 1.40. The molecule has 152 valence electrons. The Labute approximate surface area is 178 Å². The molecule has 1 aromatic heterocycles. The van der Waals surface area contributed by atoms with Crippen molar-refractivity contribution in [1.29, 1.82) is 0 Å². The van der Waals surface area contributed by atoms with E-state index in [-0.39, 0.29) is 23.1 Å². The predicted molar refractivity (Wildman–Crippen MR) is 118 cm³/mol. The zero-order valence-corrected chi connectivity index (χ0v) is 17.6. The highest BCUT2D eigenvalue weighted by atomic mass is 32.2. The second-order valence-electron chi connectivity index (χ2n) is 7.60. The summed E-state index contributed by atoms with van der Waals surface area (Å²) in [5.41, 5.74) is 1.29. The molecular formula is C21H22FN3O2S2. The molecule has 8 heteroatoms. The van der Waals surface area contributed by atoms with E-state index in [2.05, 4.69) is 10.2 Å². The third-order valence-electron chi connectivity index (χ3n) is 5.52. The number of pyridine rings is 1. The molecule has 1 amide bonds. The number of benzene rings is 1. The van der Waals surface area contributed by atoms with E-state index in [0.29, 0.717) is 16.8 Å². The van der Waals surface area contributed by atoms with Crippen molar-refractivity contribution in [2.45, 2.75) is 31.1 Å². The summed E-state index contributed by atoms with van der Waals surface area (Å²) in [7, 11) is 0. The lowest BCUT2D eigenvalue weighted by molar-refractivity contribution is -0.115. The molecule has 0 radical (unpaired) electrons. The van der Waals surface area contributed by atoms with Crippen LogP contribution in [0.4, 0.5) is 10.1 Å². The van der Waals surface area contributed by atoms with Crippen molar-refractivity contribution in [3.05, 3.63) is 64.3 Å². The van der Waals surface area contributed by atoms with Crippen LogP contribution >= 0.6 is 24.0 Å². The maximum Gasteiger partial charge on any atom is 0.250 e. The van der Waals surface area contributed by atoms with E-state index in [0.717, 1.165) is 25.2 Å². The summed E-state index contributed by atoms with van der Waals surface area (Å²) in [5, 5.41) is 2.18. The van der Waals surface area contributed by atoms with E-state index >= 15 is 0 Å². The number of nitrogens with one attached hydrogen (secondary N) is 1. The first-order valence-electron chi connectivity index (χ1n) is 9.63. The highest BCUT2D eigenvalue weighted by molar-refractivity contribution is 8.23. The van der Waals surface area contributed by atoms with Crippen LogP contribution in [0.5, 0.6) is 0 Å². The molecule has 1 saturated heterocycles. The minimum absolute atomic E-state index is 0.0565. The Bertz CT molecular complexity index is 1010. The number of fused-ring (bicyclic) bond motifs is 4. The summed E-state index contributed by atoms with van der Waals surface area (Å²) in [5.74, 6) is -0.116. The van der Waals surface area contributed by atoms with E-state index in [4.69, 9.17) is 12.2 Å². The smallest absolute Gasteiger partial charge is 0.250 e.